The minimum atomic E-state index is -1.84. The van der Waals surface area contributed by atoms with Crippen LogP contribution in [0.5, 0.6) is 0 Å². The first kappa shape index (κ1) is 13.7. The summed E-state index contributed by atoms with van der Waals surface area (Å²) in [6.07, 6.45) is 3.02. The first-order valence-electron chi connectivity index (χ1n) is 6.07. The maximum absolute atomic E-state index is 14.3. The van der Waals surface area contributed by atoms with Crippen molar-refractivity contribution in [3.8, 4) is 12.3 Å². The van der Waals surface area contributed by atoms with Gasteiger partial charge < -0.3 is 20.7 Å². The van der Waals surface area contributed by atoms with Gasteiger partial charge in [-0.2, -0.15) is 5.10 Å². The molecule has 21 heavy (non-hydrogen) atoms. The molecule has 0 amide bonds. The average Bonchev–Trinajstić information content (AvgIpc) is 3.02. The summed E-state index contributed by atoms with van der Waals surface area (Å²) in [6.45, 7) is -0.713. The number of anilines is 1. The Bertz CT molecular complexity index is 729. The number of alkyl halides is 1. The van der Waals surface area contributed by atoms with Crippen molar-refractivity contribution >= 4 is 11.5 Å². The second-order valence-corrected chi connectivity index (χ2v) is 4.68. The van der Waals surface area contributed by atoms with Crippen LogP contribution in [0.15, 0.2) is 12.5 Å². The van der Waals surface area contributed by atoms with Crippen LogP contribution in [0.1, 0.15) is 11.8 Å². The predicted molar refractivity (Wildman–Crippen MR) is 68.6 cm³/mol. The molecule has 0 bridgehead atoms. The van der Waals surface area contributed by atoms with Crippen molar-refractivity contribution < 1.29 is 19.3 Å². The number of aromatic nitrogens is 4. The third-order valence-corrected chi connectivity index (χ3v) is 3.53. The van der Waals surface area contributed by atoms with Crippen LogP contribution in [-0.4, -0.2) is 54.3 Å². The first-order chi connectivity index (χ1) is 10.0. The van der Waals surface area contributed by atoms with E-state index in [-0.39, 0.29) is 17.2 Å². The smallest absolute Gasteiger partial charge is 0.196 e. The minimum Gasteiger partial charge on any atom is -0.392 e. The summed E-state index contributed by atoms with van der Waals surface area (Å²) >= 11 is 0. The van der Waals surface area contributed by atoms with E-state index in [0.29, 0.717) is 0 Å². The number of imidazole rings is 1. The van der Waals surface area contributed by atoms with Gasteiger partial charge in [0.15, 0.2) is 23.2 Å². The molecule has 0 spiro atoms. The van der Waals surface area contributed by atoms with Crippen molar-refractivity contribution in [1.29, 1.82) is 0 Å². The molecule has 8 nitrogen and oxygen atoms in total. The molecular weight excluding hydrogens is 281 g/mol. The summed E-state index contributed by atoms with van der Waals surface area (Å²) in [5.74, 6) is 2.23. The Morgan fingerprint density at radius 2 is 2.33 bits per heavy atom. The van der Waals surface area contributed by atoms with Gasteiger partial charge in [-0.3, -0.25) is 0 Å². The molecular formula is C12H12FN5O3. The number of rotatable bonds is 2. The van der Waals surface area contributed by atoms with E-state index in [1.54, 1.807) is 0 Å². The fourth-order valence-electron chi connectivity index (χ4n) is 2.35. The molecule has 1 aliphatic rings. The molecule has 3 heterocycles. The lowest BCUT2D eigenvalue weighted by molar-refractivity contribution is -0.0732. The number of hydrogen-bond donors (Lipinski definition) is 3. The molecule has 0 saturated carbocycles. The highest BCUT2D eigenvalue weighted by molar-refractivity contribution is 5.58. The standard InChI is InChI=1S/C12H12FN5O3/c1-2-12(4-19)9(20)7(13)8(21-12)6-3-15-11-10(14)16-5-17-18(6)11/h1,3,5,7-9,19-20H,4H2,(H2,14,16,17). The molecule has 1 aliphatic heterocycles. The van der Waals surface area contributed by atoms with Crippen LogP contribution in [0.3, 0.4) is 0 Å². The Balaban J connectivity index is 2.08. The largest absolute Gasteiger partial charge is 0.392 e. The summed E-state index contributed by atoms with van der Waals surface area (Å²) < 4.78 is 21.0. The third kappa shape index (κ3) is 1.77. The van der Waals surface area contributed by atoms with Gasteiger partial charge in [0, 0.05) is 0 Å². The number of hydrogen-bond acceptors (Lipinski definition) is 7. The van der Waals surface area contributed by atoms with Gasteiger partial charge in [0.2, 0.25) is 0 Å². The topological polar surface area (TPSA) is 119 Å². The van der Waals surface area contributed by atoms with Crippen LogP contribution in [0.2, 0.25) is 0 Å². The van der Waals surface area contributed by atoms with E-state index in [2.05, 4.69) is 21.0 Å². The number of terminal acetylenes is 1. The van der Waals surface area contributed by atoms with E-state index >= 15 is 0 Å². The van der Waals surface area contributed by atoms with E-state index in [0.717, 1.165) is 0 Å². The van der Waals surface area contributed by atoms with Crippen LogP contribution in [-0.2, 0) is 4.74 Å². The van der Waals surface area contributed by atoms with Gasteiger partial charge in [0.25, 0.3) is 0 Å². The van der Waals surface area contributed by atoms with Gasteiger partial charge in [-0.1, -0.05) is 5.92 Å². The van der Waals surface area contributed by atoms with Gasteiger partial charge >= 0.3 is 0 Å². The van der Waals surface area contributed by atoms with Crippen LogP contribution in [0.4, 0.5) is 10.2 Å². The van der Waals surface area contributed by atoms with E-state index < -0.39 is 30.6 Å². The van der Waals surface area contributed by atoms with Crippen molar-refractivity contribution in [2.24, 2.45) is 0 Å². The van der Waals surface area contributed by atoms with Crippen LogP contribution < -0.4 is 5.73 Å². The van der Waals surface area contributed by atoms with E-state index in [4.69, 9.17) is 16.9 Å². The molecule has 0 aromatic carbocycles. The second kappa shape index (κ2) is 4.63. The zero-order valence-electron chi connectivity index (χ0n) is 10.7. The van der Waals surface area contributed by atoms with Gasteiger partial charge in [0.1, 0.15) is 18.5 Å². The Labute approximate surface area is 118 Å². The van der Waals surface area contributed by atoms with Crippen molar-refractivity contribution in [3.63, 3.8) is 0 Å². The molecule has 2 aromatic rings. The Morgan fingerprint density at radius 3 is 2.95 bits per heavy atom. The number of halogens is 1. The molecule has 9 heteroatoms. The quantitative estimate of drug-likeness (QED) is 0.598. The number of fused-ring (bicyclic) bond motifs is 1. The van der Waals surface area contributed by atoms with E-state index in [9.17, 15) is 14.6 Å². The van der Waals surface area contributed by atoms with Gasteiger partial charge in [0.05, 0.1) is 18.5 Å². The maximum atomic E-state index is 14.3. The lowest BCUT2D eigenvalue weighted by Crippen LogP contribution is -2.44. The minimum absolute atomic E-state index is 0.121. The lowest BCUT2D eigenvalue weighted by atomic mass is 9.96. The lowest BCUT2D eigenvalue weighted by Gasteiger charge is -2.23. The summed E-state index contributed by atoms with van der Waals surface area (Å²) in [4.78, 5) is 7.76. The summed E-state index contributed by atoms with van der Waals surface area (Å²) in [5.41, 5.74) is 4.30. The fraction of sp³-hybridized carbons (Fsp3) is 0.417. The van der Waals surface area contributed by atoms with Crippen molar-refractivity contribution in [2.45, 2.75) is 24.0 Å². The van der Waals surface area contributed by atoms with Crippen molar-refractivity contribution in [2.75, 3.05) is 12.3 Å². The van der Waals surface area contributed by atoms with Crippen LogP contribution in [0.25, 0.3) is 5.65 Å². The number of nitrogen functional groups attached to an aromatic ring is 1. The zero-order chi connectivity index (χ0) is 15.2. The number of nitrogens with zero attached hydrogens (tertiary/aromatic N) is 4. The number of nitrogens with two attached hydrogens (primary N) is 1. The Hall–Kier alpha value is -2.28. The number of aliphatic hydroxyl groups excluding tert-OH is 2. The summed E-state index contributed by atoms with van der Waals surface area (Å²) in [6, 6.07) is 0. The highest BCUT2D eigenvalue weighted by Crippen LogP contribution is 2.41. The summed E-state index contributed by atoms with van der Waals surface area (Å²) in [7, 11) is 0. The highest BCUT2D eigenvalue weighted by Gasteiger charge is 2.55. The highest BCUT2D eigenvalue weighted by atomic mass is 19.1. The predicted octanol–water partition coefficient (Wildman–Crippen LogP) is -1.16. The third-order valence-electron chi connectivity index (χ3n) is 3.53. The average molecular weight is 293 g/mol. The maximum Gasteiger partial charge on any atom is 0.196 e. The molecule has 4 N–H and O–H groups in total. The molecule has 1 saturated heterocycles. The number of aliphatic hydroxyl groups is 2. The Morgan fingerprint density at radius 1 is 1.57 bits per heavy atom. The number of ether oxygens (including phenoxy) is 1. The molecule has 0 aliphatic carbocycles. The Kier molecular flexibility index (Phi) is 3.02. The summed E-state index contributed by atoms with van der Waals surface area (Å²) in [5, 5.41) is 23.2. The molecule has 4 unspecified atom stereocenters. The van der Waals surface area contributed by atoms with Crippen molar-refractivity contribution in [1.82, 2.24) is 19.6 Å². The molecule has 3 rings (SSSR count). The second-order valence-electron chi connectivity index (χ2n) is 4.68. The van der Waals surface area contributed by atoms with Gasteiger partial charge in [-0.25, -0.2) is 18.9 Å². The normalized spacial score (nSPS) is 32.4. The van der Waals surface area contributed by atoms with Crippen LogP contribution in [0, 0.1) is 12.3 Å². The molecule has 2 aromatic heterocycles. The van der Waals surface area contributed by atoms with Crippen LogP contribution >= 0.6 is 0 Å². The van der Waals surface area contributed by atoms with E-state index in [1.165, 1.54) is 17.0 Å². The fourth-order valence-corrected chi connectivity index (χ4v) is 2.35. The molecule has 0 radical (unpaired) electrons. The zero-order valence-corrected chi connectivity index (χ0v) is 10.7. The molecule has 4 atom stereocenters. The molecule has 1 fully saturated rings. The van der Waals surface area contributed by atoms with Crippen molar-refractivity contribution in [3.05, 3.63) is 18.2 Å². The molecule has 110 valence electrons. The first-order valence-corrected chi connectivity index (χ1v) is 6.07. The van der Waals surface area contributed by atoms with Gasteiger partial charge in [-0.05, 0) is 0 Å². The SMILES string of the molecule is C#CC1(CO)OC(c2cnc3c(N)ncnn23)C(F)C1O. The monoisotopic (exact) mass is 293 g/mol. The van der Waals surface area contributed by atoms with E-state index in [1.807, 2.05) is 0 Å². The van der Waals surface area contributed by atoms with Gasteiger partial charge in [-0.15, -0.1) is 6.42 Å².